The van der Waals surface area contributed by atoms with E-state index in [2.05, 4.69) is 6.92 Å². The van der Waals surface area contributed by atoms with E-state index in [1.54, 1.807) is 0 Å². The van der Waals surface area contributed by atoms with E-state index in [4.69, 9.17) is 4.74 Å². The van der Waals surface area contributed by atoms with Crippen molar-refractivity contribution in [2.45, 2.75) is 45.4 Å². The van der Waals surface area contributed by atoms with Gasteiger partial charge in [0.2, 0.25) is 0 Å². The van der Waals surface area contributed by atoms with Gasteiger partial charge in [-0.1, -0.05) is 19.8 Å². The number of ether oxygens (including phenoxy) is 1. The highest BCUT2D eigenvalue weighted by Crippen LogP contribution is 2.17. The van der Waals surface area contributed by atoms with Crippen LogP contribution in [0.4, 0.5) is 0 Å². The summed E-state index contributed by atoms with van der Waals surface area (Å²) in [6.45, 7) is 3.68. The Morgan fingerprint density at radius 1 is 1.46 bits per heavy atom. The van der Waals surface area contributed by atoms with E-state index in [9.17, 15) is 4.79 Å². The molecule has 1 atom stereocenters. The van der Waals surface area contributed by atoms with E-state index in [1.807, 2.05) is 0 Å². The molecule has 0 radical (unpaired) electrons. The van der Waals surface area contributed by atoms with Crippen molar-refractivity contribution < 1.29 is 9.53 Å². The first-order valence-corrected chi connectivity index (χ1v) is 5.45. The van der Waals surface area contributed by atoms with Crippen molar-refractivity contribution in [2.75, 3.05) is 13.2 Å². The zero-order chi connectivity index (χ0) is 9.52. The Morgan fingerprint density at radius 2 is 2.31 bits per heavy atom. The van der Waals surface area contributed by atoms with Crippen LogP contribution in [0.25, 0.3) is 0 Å². The number of unbranched alkanes of at least 4 members (excludes halogenated alkanes) is 2. The minimum Gasteiger partial charge on any atom is -0.381 e. The molecule has 2 nitrogen and oxygen atoms in total. The molecule has 1 saturated heterocycles. The Morgan fingerprint density at radius 3 is 2.92 bits per heavy atom. The van der Waals surface area contributed by atoms with Crippen LogP contribution >= 0.6 is 0 Å². The van der Waals surface area contributed by atoms with Gasteiger partial charge in [-0.3, -0.25) is 4.79 Å². The molecule has 0 N–H and O–H groups in total. The molecule has 0 amide bonds. The Bertz CT molecular complexity index is 148. The van der Waals surface area contributed by atoms with Crippen molar-refractivity contribution in [1.82, 2.24) is 0 Å². The van der Waals surface area contributed by atoms with Crippen LogP contribution in [-0.4, -0.2) is 19.0 Å². The van der Waals surface area contributed by atoms with Crippen LogP contribution in [0.5, 0.6) is 0 Å². The molecule has 1 rings (SSSR count). The number of Topliss-reactive ketones (excluding diaryl/α,β-unsaturated/α-hetero) is 1. The number of rotatable bonds is 5. The van der Waals surface area contributed by atoms with Gasteiger partial charge < -0.3 is 4.74 Å². The zero-order valence-electron chi connectivity index (χ0n) is 8.55. The van der Waals surface area contributed by atoms with Gasteiger partial charge in [0.15, 0.2) is 0 Å². The third-order valence-corrected chi connectivity index (χ3v) is 2.64. The average Bonchev–Trinajstić information content (AvgIpc) is 2.19. The van der Waals surface area contributed by atoms with E-state index in [0.29, 0.717) is 12.4 Å². The number of ketones is 1. The average molecular weight is 184 g/mol. The molecule has 13 heavy (non-hydrogen) atoms. The first-order valence-electron chi connectivity index (χ1n) is 5.45. The standard InChI is InChI=1S/C11H20O2/c1-2-3-4-7-11(12)10-6-5-8-13-9-10/h10H,2-9H2,1H3. The van der Waals surface area contributed by atoms with Crippen LogP contribution in [0.1, 0.15) is 45.4 Å². The van der Waals surface area contributed by atoms with Crippen molar-refractivity contribution in [1.29, 1.82) is 0 Å². The van der Waals surface area contributed by atoms with Gasteiger partial charge in [0.1, 0.15) is 5.78 Å². The Kier molecular flexibility index (Phi) is 5.06. The Labute approximate surface area is 80.7 Å². The molecule has 1 aliphatic heterocycles. The van der Waals surface area contributed by atoms with E-state index in [0.717, 1.165) is 32.3 Å². The van der Waals surface area contributed by atoms with E-state index in [1.165, 1.54) is 12.8 Å². The maximum Gasteiger partial charge on any atom is 0.138 e. The number of carbonyl (C=O) groups is 1. The summed E-state index contributed by atoms with van der Waals surface area (Å²) in [6, 6.07) is 0. The molecule has 1 heterocycles. The van der Waals surface area contributed by atoms with Crippen molar-refractivity contribution in [2.24, 2.45) is 5.92 Å². The molecular weight excluding hydrogens is 164 g/mol. The molecule has 0 bridgehead atoms. The lowest BCUT2D eigenvalue weighted by Gasteiger charge is -2.20. The molecule has 0 aromatic heterocycles. The van der Waals surface area contributed by atoms with Crippen LogP contribution in [0.3, 0.4) is 0 Å². The van der Waals surface area contributed by atoms with Gasteiger partial charge in [0.25, 0.3) is 0 Å². The minimum atomic E-state index is 0.214. The second-order valence-electron chi connectivity index (χ2n) is 3.84. The van der Waals surface area contributed by atoms with Crippen LogP contribution in [0.2, 0.25) is 0 Å². The fourth-order valence-corrected chi connectivity index (χ4v) is 1.75. The number of carbonyl (C=O) groups excluding carboxylic acids is 1. The second-order valence-corrected chi connectivity index (χ2v) is 3.84. The highest BCUT2D eigenvalue weighted by atomic mass is 16.5. The first kappa shape index (κ1) is 10.7. The van der Waals surface area contributed by atoms with Crippen LogP contribution < -0.4 is 0 Å². The van der Waals surface area contributed by atoms with Crippen LogP contribution in [-0.2, 0) is 9.53 Å². The molecule has 0 saturated carbocycles. The second kappa shape index (κ2) is 6.14. The zero-order valence-corrected chi connectivity index (χ0v) is 8.55. The molecule has 0 aliphatic carbocycles. The minimum absolute atomic E-state index is 0.214. The third kappa shape index (κ3) is 3.90. The Hall–Kier alpha value is -0.370. The van der Waals surface area contributed by atoms with Gasteiger partial charge in [-0.15, -0.1) is 0 Å². The monoisotopic (exact) mass is 184 g/mol. The van der Waals surface area contributed by atoms with Gasteiger partial charge >= 0.3 is 0 Å². The molecule has 2 heteroatoms. The molecule has 1 aliphatic rings. The molecule has 1 fully saturated rings. The van der Waals surface area contributed by atoms with E-state index < -0.39 is 0 Å². The van der Waals surface area contributed by atoms with Gasteiger partial charge in [0.05, 0.1) is 6.61 Å². The van der Waals surface area contributed by atoms with Gasteiger partial charge in [-0.2, -0.15) is 0 Å². The molecule has 0 aromatic rings. The molecule has 0 spiro atoms. The summed E-state index contributed by atoms with van der Waals surface area (Å²) in [5.74, 6) is 0.638. The van der Waals surface area contributed by atoms with Gasteiger partial charge in [-0.05, 0) is 19.3 Å². The van der Waals surface area contributed by atoms with Crippen molar-refractivity contribution in [3.05, 3.63) is 0 Å². The predicted molar refractivity (Wildman–Crippen MR) is 52.7 cm³/mol. The smallest absolute Gasteiger partial charge is 0.138 e. The van der Waals surface area contributed by atoms with Crippen molar-refractivity contribution in [3.63, 3.8) is 0 Å². The molecule has 1 unspecified atom stereocenters. The first-order chi connectivity index (χ1) is 6.34. The Balaban J connectivity index is 2.13. The summed E-state index contributed by atoms with van der Waals surface area (Å²) in [7, 11) is 0. The summed E-state index contributed by atoms with van der Waals surface area (Å²) in [4.78, 5) is 11.6. The lowest BCUT2D eigenvalue weighted by Crippen LogP contribution is -2.25. The summed E-state index contributed by atoms with van der Waals surface area (Å²) in [6.07, 6.45) is 6.30. The summed E-state index contributed by atoms with van der Waals surface area (Å²) >= 11 is 0. The highest BCUT2D eigenvalue weighted by molar-refractivity contribution is 5.81. The topological polar surface area (TPSA) is 26.3 Å². The summed E-state index contributed by atoms with van der Waals surface area (Å²) in [5.41, 5.74) is 0. The summed E-state index contributed by atoms with van der Waals surface area (Å²) in [5, 5.41) is 0. The number of hydrogen-bond acceptors (Lipinski definition) is 2. The quantitative estimate of drug-likeness (QED) is 0.614. The van der Waals surface area contributed by atoms with Crippen LogP contribution in [0, 0.1) is 5.92 Å². The lowest BCUT2D eigenvalue weighted by molar-refractivity contribution is -0.126. The fraction of sp³-hybridized carbons (Fsp3) is 0.909. The fourth-order valence-electron chi connectivity index (χ4n) is 1.75. The maximum atomic E-state index is 11.6. The number of hydrogen-bond donors (Lipinski definition) is 0. The normalized spacial score (nSPS) is 23.0. The highest BCUT2D eigenvalue weighted by Gasteiger charge is 2.20. The van der Waals surface area contributed by atoms with Gasteiger partial charge in [0, 0.05) is 18.9 Å². The predicted octanol–water partition coefficient (Wildman–Crippen LogP) is 2.56. The van der Waals surface area contributed by atoms with Crippen molar-refractivity contribution >= 4 is 5.78 Å². The van der Waals surface area contributed by atoms with Crippen molar-refractivity contribution in [3.8, 4) is 0 Å². The SMILES string of the molecule is CCCCCC(=O)C1CCCOC1. The van der Waals surface area contributed by atoms with E-state index in [-0.39, 0.29) is 5.92 Å². The van der Waals surface area contributed by atoms with Gasteiger partial charge in [-0.25, -0.2) is 0 Å². The lowest BCUT2D eigenvalue weighted by atomic mass is 9.94. The third-order valence-electron chi connectivity index (χ3n) is 2.64. The molecule has 0 aromatic carbocycles. The van der Waals surface area contributed by atoms with E-state index >= 15 is 0 Å². The van der Waals surface area contributed by atoms with Crippen LogP contribution in [0.15, 0.2) is 0 Å². The molecular formula is C11H20O2. The molecule has 76 valence electrons. The largest absolute Gasteiger partial charge is 0.381 e. The summed E-state index contributed by atoms with van der Waals surface area (Å²) < 4.78 is 5.29. The maximum absolute atomic E-state index is 11.6.